The van der Waals surface area contributed by atoms with E-state index in [0.29, 0.717) is 36.0 Å². The summed E-state index contributed by atoms with van der Waals surface area (Å²) in [6, 6.07) is 6.81. The van der Waals surface area contributed by atoms with Gasteiger partial charge in [-0.25, -0.2) is 4.79 Å². The van der Waals surface area contributed by atoms with Crippen molar-refractivity contribution in [3.63, 3.8) is 0 Å². The van der Waals surface area contributed by atoms with E-state index in [9.17, 15) is 19.7 Å². The summed E-state index contributed by atoms with van der Waals surface area (Å²) in [5.74, 6) is -0.657. The maximum Gasteiger partial charge on any atom is 0.338 e. The average molecular weight is 407 g/mol. The van der Waals surface area contributed by atoms with Gasteiger partial charge in [-0.1, -0.05) is 11.6 Å². The Morgan fingerprint density at radius 2 is 2.00 bits per heavy atom. The van der Waals surface area contributed by atoms with Crippen LogP contribution in [-0.4, -0.2) is 36.6 Å². The van der Waals surface area contributed by atoms with Crippen LogP contribution in [0.2, 0.25) is 5.02 Å². The van der Waals surface area contributed by atoms with Gasteiger partial charge >= 0.3 is 5.97 Å². The number of carbonyl (C=O) groups excluding carboxylic acids is 2. The number of nitrogens with zero attached hydrogens (tertiary/aromatic N) is 1. The Kier molecular flexibility index (Phi) is 5.65. The van der Waals surface area contributed by atoms with Gasteiger partial charge in [-0.05, 0) is 30.7 Å². The molecular formula is C18H15ClN2O7. The number of carbonyl (C=O) groups is 2. The van der Waals surface area contributed by atoms with E-state index in [0.717, 1.165) is 0 Å². The second-order valence-electron chi connectivity index (χ2n) is 5.86. The third kappa shape index (κ3) is 4.32. The van der Waals surface area contributed by atoms with Crippen molar-refractivity contribution >= 4 is 34.9 Å². The van der Waals surface area contributed by atoms with Crippen LogP contribution in [0.15, 0.2) is 30.3 Å². The second kappa shape index (κ2) is 8.13. The zero-order chi connectivity index (χ0) is 20.3. The van der Waals surface area contributed by atoms with Crippen LogP contribution in [0, 0.1) is 17.0 Å². The minimum atomic E-state index is -0.755. The Labute approximate surface area is 164 Å². The molecule has 0 atom stereocenters. The summed E-state index contributed by atoms with van der Waals surface area (Å²) in [6.45, 7) is 1.77. The molecule has 0 fully saturated rings. The van der Waals surface area contributed by atoms with Crippen LogP contribution in [-0.2, 0) is 9.53 Å². The summed E-state index contributed by atoms with van der Waals surface area (Å²) >= 11 is 6.07. The molecule has 1 aliphatic rings. The number of amides is 1. The van der Waals surface area contributed by atoms with E-state index in [-0.39, 0.29) is 16.3 Å². The quantitative estimate of drug-likeness (QED) is 0.460. The maximum absolute atomic E-state index is 12.2. The number of non-ortho nitro benzene ring substituents is 1. The third-order valence-corrected chi connectivity index (χ3v) is 4.14. The number of nitro groups is 1. The van der Waals surface area contributed by atoms with Crippen LogP contribution >= 0.6 is 11.6 Å². The molecule has 1 heterocycles. The lowest BCUT2D eigenvalue weighted by molar-refractivity contribution is -0.384. The molecule has 1 N–H and O–H groups in total. The number of fused-ring (bicyclic) bond motifs is 1. The molecule has 28 heavy (non-hydrogen) atoms. The van der Waals surface area contributed by atoms with Gasteiger partial charge in [-0.3, -0.25) is 14.9 Å². The average Bonchev–Trinajstić information content (AvgIpc) is 2.67. The van der Waals surface area contributed by atoms with Crippen molar-refractivity contribution < 1.29 is 28.7 Å². The molecule has 3 rings (SSSR count). The van der Waals surface area contributed by atoms with Gasteiger partial charge in [0.05, 0.1) is 15.5 Å². The first kappa shape index (κ1) is 19.4. The number of rotatable bonds is 5. The number of aryl methyl sites for hydroxylation is 1. The van der Waals surface area contributed by atoms with Crippen molar-refractivity contribution in [2.24, 2.45) is 0 Å². The molecule has 0 saturated heterocycles. The minimum absolute atomic E-state index is 0.0857. The molecule has 1 aliphatic heterocycles. The lowest BCUT2D eigenvalue weighted by atomic mass is 10.2. The van der Waals surface area contributed by atoms with Gasteiger partial charge in [0.2, 0.25) is 0 Å². The largest absolute Gasteiger partial charge is 0.486 e. The first-order valence-electron chi connectivity index (χ1n) is 8.16. The highest BCUT2D eigenvalue weighted by molar-refractivity contribution is 6.32. The fourth-order valence-electron chi connectivity index (χ4n) is 2.53. The van der Waals surface area contributed by atoms with Gasteiger partial charge in [0.15, 0.2) is 18.1 Å². The first-order valence-corrected chi connectivity index (χ1v) is 8.54. The highest BCUT2D eigenvalue weighted by Gasteiger charge is 2.20. The van der Waals surface area contributed by atoms with Crippen molar-refractivity contribution in [3.8, 4) is 11.5 Å². The van der Waals surface area contributed by atoms with Crippen molar-refractivity contribution in [1.29, 1.82) is 0 Å². The molecule has 2 aromatic carbocycles. The maximum atomic E-state index is 12.2. The summed E-state index contributed by atoms with van der Waals surface area (Å²) < 4.78 is 15.8. The van der Waals surface area contributed by atoms with Crippen molar-refractivity contribution in [1.82, 2.24) is 0 Å². The van der Waals surface area contributed by atoms with Gasteiger partial charge in [-0.2, -0.15) is 0 Å². The molecule has 0 aromatic heterocycles. The van der Waals surface area contributed by atoms with Crippen molar-refractivity contribution in [2.45, 2.75) is 6.92 Å². The minimum Gasteiger partial charge on any atom is -0.486 e. The number of nitrogens with one attached hydrogen (secondary N) is 1. The van der Waals surface area contributed by atoms with Crippen LogP contribution < -0.4 is 14.8 Å². The summed E-state index contributed by atoms with van der Waals surface area (Å²) in [5.41, 5.74) is 0.924. The smallest absolute Gasteiger partial charge is 0.338 e. The number of nitro benzene ring substituents is 1. The normalized spacial score (nSPS) is 12.2. The SMILES string of the molecule is Cc1cc([N+](=O)[O-])ccc1NC(=O)COC(=O)c1cc(Cl)c2c(c1)OCCO2. The summed E-state index contributed by atoms with van der Waals surface area (Å²) in [5, 5.41) is 13.5. The Bertz CT molecular complexity index is 961. The number of halogens is 1. The Balaban J connectivity index is 1.61. The molecule has 9 nitrogen and oxygen atoms in total. The molecule has 2 aromatic rings. The van der Waals surface area contributed by atoms with Crippen LogP contribution in [0.25, 0.3) is 0 Å². The van der Waals surface area contributed by atoms with Crippen molar-refractivity contribution in [3.05, 3.63) is 56.6 Å². The van der Waals surface area contributed by atoms with E-state index >= 15 is 0 Å². The van der Waals surface area contributed by atoms with E-state index in [2.05, 4.69) is 5.32 Å². The fourth-order valence-corrected chi connectivity index (χ4v) is 2.80. The molecule has 0 unspecified atom stereocenters. The lowest BCUT2D eigenvalue weighted by Gasteiger charge is -2.20. The zero-order valence-corrected chi connectivity index (χ0v) is 15.4. The first-order chi connectivity index (χ1) is 13.3. The molecule has 0 spiro atoms. The molecule has 146 valence electrons. The number of hydrogen-bond acceptors (Lipinski definition) is 7. The Morgan fingerprint density at radius 3 is 2.71 bits per heavy atom. The predicted molar refractivity (Wildman–Crippen MR) is 99.2 cm³/mol. The summed E-state index contributed by atoms with van der Waals surface area (Å²) in [7, 11) is 0. The summed E-state index contributed by atoms with van der Waals surface area (Å²) in [4.78, 5) is 34.4. The van der Waals surface area contributed by atoms with Crippen LogP contribution in [0.5, 0.6) is 11.5 Å². The molecule has 10 heteroatoms. The molecule has 0 aliphatic carbocycles. The third-order valence-electron chi connectivity index (χ3n) is 3.86. The van der Waals surface area contributed by atoms with E-state index in [4.69, 9.17) is 25.8 Å². The number of ether oxygens (including phenoxy) is 3. The van der Waals surface area contributed by atoms with Gasteiger partial charge < -0.3 is 19.5 Å². The highest BCUT2D eigenvalue weighted by atomic mass is 35.5. The standard InChI is InChI=1S/C18H15ClN2O7/c1-10-6-12(21(24)25)2-3-14(10)20-16(22)9-28-18(23)11-7-13(19)17-15(8-11)26-4-5-27-17/h2-3,6-8H,4-5,9H2,1H3,(H,20,22). The van der Waals surface area contributed by atoms with E-state index in [1.165, 1.54) is 30.3 Å². The van der Waals surface area contributed by atoms with Gasteiger partial charge in [0.1, 0.15) is 13.2 Å². The predicted octanol–water partition coefficient (Wildman–Crippen LogP) is 3.12. The number of esters is 1. The van der Waals surface area contributed by atoms with Gasteiger partial charge in [0, 0.05) is 17.8 Å². The second-order valence-corrected chi connectivity index (χ2v) is 6.27. The van der Waals surface area contributed by atoms with Crippen LogP contribution in [0.4, 0.5) is 11.4 Å². The lowest BCUT2D eigenvalue weighted by Crippen LogP contribution is -2.21. The molecule has 0 radical (unpaired) electrons. The van der Waals surface area contributed by atoms with Crippen molar-refractivity contribution in [2.75, 3.05) is 25.1 Å². The van der Waals surface area contributed by atoms with E-state index in [1.54, 1.807) is 6.92 Å². The molecule has 1 amide bonds. The monoisotopic (exact) mass is 406 g/mol. The number of benzene rings is 2. The topological polar surface area (TPSA) is 117 Å². The number of anilines is 1. The Morgan fingerprint density at radius 1 is 1.25 bits per heavy atom. The summed E-state index contributed by atoms with van der Waals surface area (Å²) in [6.07, 6.45) is 0. The number of hydrogen-bond donors (Lipinski definition) is 1. The van der Waals surface area contributed by atoms with E-state index in [1.807, 2.05) is 0 Å². The molecular weight excluding hydrogens is 392 g/mol. The van der Waals surface area contributed by atoms with Gasteiger partial charge in [-0.15, -0.1) is 0 Å². The van der Waals surface area contributed by atoms with Crippen LogP contribution in [0.1, 0.15) is 15.9 Å². The fraction of sp³-hybridized carbons (Fsp3) is 0.222. The van der Waals surface area contributed by atoms with Crippen LogP contribution in [0.3, 0.4) is 0 Å². The highest BCUT2D eigenvalue weighted by Crippen LogP contribution is 2.38. The van der Waals surface area contributed by atoms with Gasteiger partial charge in [0.25, 0.3) is 11.6 Å². The van der Waals surface area contributed by atoms with E-state index < -0.39 is 23.4 Å². The molecule has 0 saturated carbocycles. The Hall–Kier alpha value is -3.33. The zero-order valence-electron chi connectivity index (χ0n) is 14.7. The molecule has 0 bridgehead atoms.